The first-order valence-electron chi connectivity index (χ1n) is 5.59. The Balaban J connectivity index is 2.94. The molecule has 0 aliphatic rings. The van der Waals surface area contributed by atoms with Gasteiger partial charge in [0.1, 0.15) is 11.6 Å². The highest BCUT2D eigenvalue weighted by Gasteiger charge is 2.21. The van der Waals surface area contributed by atoms with E-state index in [9.17, 15) is 13.6 Å². The van der Waals surface area contributed by atoms with Crippen LogP contribution in [0.15, 0.2) is 23.4 Å². The van der Waals surface area contributed by atoms with Gasteiger partial charge in [-0.25, -0.2) is 8.78 Å². The predicted molar refractivity (Wildman–Crippen MR) is 65.9 cm³/mol. The second-order valence-electron chi connectivity index (χ2n) is 4.38. The number of rotatable bonds is 4. The smallest absolute Gasteiger partial charge is 0.252 e. The Kier molecular flexibility index (Phi) is 4.80. The highest BCUT2D eigenvalue weighted by Crippen LogP contribution is 2.09. The molecule has 0 radical (unpaired) electrons. The molecule has 1 aromatic rings. The van der Waals surface area contributed by atoms with Crippen molar-refractivity contribution in [2.24, 2.45) is 16.8 Å². The summed E-state index contributed by atoms with van der Waals surface area (Å²) in [7, 11) is 0. The third-order valence-corrected chi connectivity index (χ3v) is 2.51. The molecule has 0 bridgehead atoms. The molecule has 0 saturated carbocycles. The lowest BCUT2D eigenvalue weighted by Gasteiger charge is -2.20. The van der Waals surface area contributed by atoms with Crippen LogP contribution in [0.3, 0.4) is 0 Å². The molecular formula is C12H15F2N3O2. The minimum Gasteiger partial charge on any atom is -0.409 e. The van der Waals surface area contributed by atoms with Gasteiger partial charge < -0.3 is 16.3 Å². The normalized spacial score (nSPS) is 13.4. The molecule has 4 N–H and O–H groups in total. The van der Waals surface area contributed by atoms with Crippen molar-refractivity contribution in [2.75, 3.05) is 0 Å². The zero-order valence-electron chi connectivity index (χ0n) is 10.5. The molecular weight excluding hydrogens is 256 g/mol. The van der Waals surface area contributed by atoms with Crippen LogP contribution in [-0.4, -0.2) is 23.0 Å². The van der Waals surface area contributed by atoms with E-state index >= 15 is 0 Å². The number of amides is 1. The van der Waals surface area contributed by atoms with E-state index in [-0.39, 0.29) is 17.3 Å². The lowest BCUT2D eigenvalue weighted by atomic mass is 10.0. The van der Waals surface area contributed by atoms with Crippen LogP contribution in [0.1, 0.15) is 24.2 Å². The molecule has 5 nitrogen and oxygen atoms in total. The second kappa shape index (κ2) is 6.12. The Morgan fingerprint density at radius 3 is 2.26 bits per heavy atom. The van der Waals surface area contributed by atoms with Gasteiger partial charge in [0.2, 0.25) is 0 Å². The van der Waals surface area contributed by atoms with Gasteiger partial charge in [-0.15, -0.1) is 0 Å². The standard InChI is InChI=1S/C12H15F2N3O2/c1-6(2)10(11(15)17-19)16-12(18)7-3-8(13)5-9(14)4-7/h3-6,10,19H,1-2H3,(H2,15,17)(H,16,18). The summed E-state index contributed by atoms with van der Waals surface area (Å²) in [6.07, 6.45) is 0. The van der Waals surface area contributed by atoms with Gasteiger partial charge in [-0.1, -0.05) is 19.0 Å². The van der Waals surface area contributed by atoms with Crippen molar-refractivity contribution in [1.29, 1.82) is 0 Å². The summed E-state index contributed by atoms with van der Waals surface area (Å²) in [6.45, 7) is 3.49. The molecule has 1 rings (SSSR count). The summed E-state index contributed by atoms with van der Waals surface area (Å²) >= 11 is 0. The van der Waals surface area contributed by atoms with E-state index in [1.807, 2.05) is 0 Å². The zero-order chi connectivity index (χ0) is 14.6. The number of nitrogens with zero attached hydrogens (tertiary/aromatic N) is 1. The molecule has 0 fully saturated rings. The summed E-state index contributed by atoms with van der Waals surface area (Å²) in [5.74, 6) is -2.74. The van der Waals surface area contributed by atoms with Gasteiger partial charge >= 0.3 is 0 Å². The number of hydrogen-bond acceptors (Lipinski definition) is 3. The number of carbonyl (C=O) groups excluding carboxylic acids is 1. The SMILES string of the molecule is CC(C)C(NC(=O)c1cc(F)cc(F)c1)C(N)=NO. The van der Waals surface area contributed by atoms with Crippen molar-refractivity contribution in [3.63, 3.8) is 0 Å². The quantitative estimate of drug-likeness (QED) is 0.335. The molecule has 0 spiro atoms. The summed E-state index contributed by atoms with van der Waals surface area (Å²) in [6, 6.07) is 1.74. The van der Waals surface area contributed by atoms with Crippen LogP contribution < -0.4 is 11.1 Å². The van der Waals surface area contributed by atoms with E-state index in [4.69, 9.17) is 10.9 Å². The lowest BCUT2D eigenvalue weighted by Crippen LogP contribution is -2.47. The fraction of sp³-hybridized carbons (Fsp3) is 0.333. The number of amidine groups is 1. The van der Waals surface area contributed by atoms with Crippen molar-refractivity contribution in [1.82, 2.24) is 5.32 Å². The number of oxime groups is 1. The van der Waals surface area contributed by atoms with Gasteiger partial charge in [0.05, 0.1) is 6.04 Å². The third-order valence-electron chi connectivity index (χ3n) is 2.51. The number of carbonyl (C=O) groups is 1. The molecule has 0 aliphatic carbocycles. The highest BCUT2D eigenvalue weighted by molar-refractivity contribution is 5.98. The summed E-state index contributed by atoms with van der Waals surface area (Å²) in [4.78, 5) is 11.8. The third kappa shape index (κ3) is 3.90. The minimum atomic E-state index is -0.852. The van der Waals surface area contributed by atoms with Crippen LogP contribution in [0.4, 0.5) is 8.78 Å². The molecule has 104 valence electrons. The maximum atomic E-state index is 13.0. The monoisotopic (exact) mass is 271 g/mol. The van der Waals surface area contributed by atoms with Crippen molar-refractivity contribution >= 4 is 11.7 Å². The number of nitrogens with one attached hydrogen (secondary N) is 1. The van der Waals surface area contributed by atoms with Gasteiger partial charge in [0, 0.05) is 11.6 Å². The number of hydrogen-bond donors (Lipinski definition) is 3. The van der Waals surface area contributed by atoms with Gasteiger partial charge in [-0.2, -0.15) is 0 Å². The first-order chi connectivity index (χ1) is 8.85. The van der Waals surface area contributed by atoms with Crippen molar-refractivity contribution < 1.29 is 18.8 Å². The molecule has 1 aromatic carbocycles. The first kappa shape index (κ1) is 14.9. The molecule has 19 heavy (non-hydrogen) atoms. The fourth-order valence-corrected chi connectivity index (χ4v) is 1.55. The van der Waals surface area contributed by atoms with E-state index < -0.39 is 23.6 Å². The van der Waals surface area contributed by atoms with Crippen LogP contribution in [0.2, 0.25) is 0 Å². The van der Waals surface area contributed by atoms with E-state index in [1.54, 1.807) is 13.8 Å². The Morgan fingerprint density at radius 1 is 1.32 bits per heavy atom. The summed E-state index contributed by atoms with van der Waals surface area (Å²) < 4.78 is 26.0. The maximum Gasteiger partial charge on any atom is 0.252 e. The van der Waals surface area contributed by atoms with E-state index in [1.165, 1.54) is 0 Å². The van der Waals surface area contributed by atoms with Crippen LogP contribution >= 0.6 is 0 Å². The van der Waals surface area contributed by atoms with E-state index in [0.29, 0.717) is 6.07 Å². The Hall–Kier alpha value is -2.18. The Labute approximate surface area is 109 Å². The number of halogens is 2. The predicted octanol–water partition coefficient (Wildman–Crippen LogP) is 1.47. The number of benzene rings is 1. The fourth-order valence-electron chi connectivity index (χ4n) is 1.55. The molecule has 1 atom stereocenters. The summed E-state index contributed by atoms with van der Waals surface area (Å²) in [5.41, 5.74) is 5.27. The Bertz CT molecular complexity index is 483. The zero-order valence-corrected chi connectivity index (χ0v) is 10.5. The van der Waals surface area contributed by atoms with Crippen LogP contribution in [0.25, 0.3) is 0 Å². The van der Waals surface area contributed by atoms with Gasteiger partial charge in [0.25, 0.3) is 5.91 Å². The second-order valence-corrected chi connectivity index (χ2v) is 4.38. The van der Waals surface area contributed by atoms with Crippen molar-refractivity contribution in [3.8, 4) is 0 Å². The van der Waals surface area contributed by atoms with Gasteiger partial charge in [-0.3, -0.25) is 4.79 Å². The van der Waals surface area contributed by atoms with Crippen LogP contribution in [0, 0.1) is 17.6 Å². The molecule has 0 heterocycles. The number of nitrogens with two attached hydrogens (primary N) is 1. The van der Waals surface area contributed by atoms with Crippen molar-refractivity contribution in [2.45, 2.75) is 19.9 Å². The Morgan fingerprint density at radius 2 is 1.84 bits per heavy atom. The minimum absolute atomic E-state index is 0.154. The molecule has 7 heteroatoms. The topological polar surface area (TPSA) is 87.7 Å². The lowest BCUT2D eigenvalue weighted by molar-refractivity contribution is 0.0938. The molecule has 0 aliphatic heterocycles. The van der Waals surface area contributed by atoms with E-state index in [2.05, 4.69) is 10.5 Å². The maximum absolute atomic E-state index is 13.0. The highest BCUT2D eigenvalue weighted by atomic mass is 19.1. The average Bonchev–Trinajstić information content (AvgIpc) is 2.33. The average molecular weight is 271 g/mol. The largest absolute Gasteiger partial charge is 0.409 e. The molecule has 1 unspecified atom stereocenters. The molecule has 0 aromatic heterocycles. The molecule has 1 amide bonds. The van der Waals surface area contributed by atoms with Gasteiger partial charge in [0.15, 0.2) is 5.84 Å². The van der Waals surface area contributed by atoms with Crippen LogP contribution in [0.5, 0.6) is 0 Å². The first-order valence-corrected chi connectivity index (χ1v) is 5.59. The van der Waals surface area contributed by atoms with Crippen molar-refractivity contribution in [3.05, 3.63) is 35.4 Å². The summed E-state index contributed by atoms with van der Waals surface area (Å²) in [5, 5.41) is 13.9. The van der Waals surface area contributed by atoms with Gasteiger partial charge in [-0.05, 0) is 18.1 Å². The molecule has 0 saturated heterocycles. The van der Waals surface area contributed by atoms with Crippen LogP contribution in [-0.2, 0) is 0 Å². The van der Waals surface area contributed by atoms with E-state index in [0.717, 1.165) is 12.1 Å².